The van der Waals surface area contributed by atoms with Crippen molar-refractivity contribution in [3.8, 4) is 0 Å². The van der Waals surface area contributed by atoms with Gasteiger partial charge in [-0.15, -0.1) is 0 Å². The number of esters is 1. The number of carbonyl (C=O) groups is 1. The van der Waals surface area contributed by atoms with E-state index >= 15 is 0 Å². The Morgan fingerprint density at radius 3 is 2.41 bits per heavy atom. The first-order chi connectivity index (χ1) is 13.8. The minimum absolute atomic E-state index is 0.0365. The predicted octanol–water partition coefficient (Wildman–Crippen LogP) is 5.15. The van der Waals surface area contributed by atoms with Gasteiger partial charge in [-0.3, -0.25) is 0 Å². The molecule has 0 aliphatic rings. The summed E-state index contributed by atoms with van der Waals surface area (Å²) in [7, 11) is -2.58. The zero-order chi connectivity index (χ0) is 21.4. The van der Waals surface area contributed by atoms with Crippen molar-refractivity contribution in [3.63, 3.8) is 0 Å². The number of rotatable bonds is 10. The molecule has 8 heteroatoms. The third-order valence-corrected chi connectivity index (χ3v) is 6.90. The maximum Gasteiger partial charge on any atom is 0.340 e. The summed E-state index contributed by atoms with van der Waals surface area (Å²) in [6.45, 7) is 2.46. The molecule has 0 saturated carbocycles. The SMILES string of the molecule is CCCCCCN(Cc1ccc(F)c(C(=O)OC)c1)S(=O)(=O)c1ccc(Br)cc1. The zero-order valence-corrected chi connectivity index (χ0v) is 18.9. The van der Waals surface area contributed by atoms with Gasteiger partial charge in [-0.05, 0) is 48.4 Å². The summed E-state index contributed by atoms with van der Waals surface area (Å²) in [4.78, 5) is 12.0. The smallest absolute Gasteiger partial charge is 0.340 e. The predicted molar refractivity (Wildman–Crippen MR) is 114 cm³/mol. The molecule has 0 aliphatic carbocycles. The van der Waals surface area contributed by atoms with Crippen molar-refractivity contribution in [2.45, 2.75) is 44.0 Å². The fourth-order valence-corrected chi connectivity index (χ4v) is 4.63. The van der Waals surface area contributed by atoms with Gasteiger partial charge in [0.05, 0.1) is 17.6 Å². The van der Waals surface area contributed by atoms with Crippen LogP contribution in [0.4, 0.5) is 4.39 Å². The zero-order valence-electron chi connectivity index (χ0n) is 16.5. The Bertz CT molecular complexity index is 932. The molecular formula is C21H25BrFNO4S. The van der Waals surface area contributed by atoms with E-state index in [0.29, 0.717) is 18.5 Å². The van der Waals surface area contributed by atoms with Gasteiger partial charge in [0, 0.05) is 17.6 Å². The van der Waals surface area contributed by atoms with Crippen LogP contribution in [0, 0.1) is 5.82 Å². The number of halogens is 2. The van der Waals surface area contributed by atoms with Gasteiger partial charge >= 0.3 is 5.97 Å². The van der Waals surface area contributed by atoms with Crippen LogP contribution in [0.5, 0.6) is 0 Å². The second-order valence-corrected chi connectivity index (χ2v) is 9.51. The topological polar surface area (TPSA) is 63.7 Å². The van der Waals surface area contributed by atoms with E-state index in [-0.39, 0.29) is 17.0 Å². The minimum Gasteiger partial charge on any atom is -0.465 e. The second-order valence-electron chi connectivity index (χ2n) is 6.66. The molecule has 2 rings (SSSR count). The number of carbonyl (C=O) groups excluding carboxylic acids is 1. The van der Waals surface area contributed by atoms with Gasteiger partial charge < -0.3 is 4.74 Å². The van der Waals surface area contributed by atoms with Crippen LogP contribution in [-0.4, -0.2) is 32.3 Å². The molecule has 158 valence electrons. The number of hydrogen-bond donors (Lipinski definition) is 0. The monoisotopic (exact) mass is 485 g/mol. The van der Waals surface area contributed by atoms with Crippen LogP contribution in [-0.2, 0) is 21.3 Å². The molecule has 0 fully saturated rings. The summed E-state index contributed by atoms with van der Waals surface area (Å²) < 4.78 is 47.1. The van der Waals surface area contributed by atoms with Crippen LogP contribution in [0.3, 0.4) is 0 Å². The van der Waals surface area contributed by atoms with Gasteiger partial charge in [-0.1, -0.05) is 48.2 Å². The number of methoxy groups -OCH3 is 1. The first-order valence-electron chi connectivity index (χ1n) is 9.42. The van der Waals surface area contributed by atoms with Gasteiger partial charge in [-0.25, -0.2) is 17.6 Å². The van der Waals surface area contributed by atoms with Gasteiger partial charge in [0.2, 0.25) is 10.0 Å². The van der Waals surface area contributed by atoms with Crippen LogP contribution in [0.1, 0.15) is 48.5 Å². The number of hydrogen-bond acceptors (Lipinski definition) is 4. The average Bonchev–Trinajstić information content (AvgIpc) is 2.71. The molecule has 0 radical (unpaired) electrons. The molecule has 2 aromatic carbocycles. The summed E-state index contributed by atoms with van der Waals surface area (Å²) in [5, 5.41) is 0. The first-order valence-corrected chi connectivity index (χ1v) is 11.7. The third kappa shape index (κ3) is 6.35. The molecule has 5 nitrogen and oxygen atoms in total. The average molecular weight is 486 g/mol. The van der Waals surface area contributed by atoms with Crippen molar-refractivity contribution in [1.82, 2.24) is 4.31 Å². The quantitative estimate of drug-likeness (QED) is 0.345. The van der Waals surface area contributed by atoms with Crippen LogP contribution < -0.4 is 0 Å². The molecule has 2 aromatic rings. The number of benzene rings is 2. The van der Waals surface area contributed by atoms with Crippen molar-refractivity contribution in [1.29, 1.82) is 0 Å². The van der Waals surface area contributed by atoms with Crippen molar-refractivity contribution in [2.75, 3.05) is 13.7 Å². The molecule has 0 aromatic heterocycles. The Kier molecular flexibility index (Phi) is 8.79. The van der Waals surface area contributed by atoms with E-state index in [1.54, 1.807) is 24.3 Å². The minimum atomic E-state index is -3.75. The Balaban J connectivity index is 2.33. The molecule has 0 atom stereocenters. The van der Waals surface area contributed by atoms with Gasteiger partial charge in [0.1, 0.15) is 5.82 Å². The maximum atomic E-state index is 13.9. The molecule has 0 heterocycles. The van der Waals surface area contributed by atoms with Crippen molar-refractivity contribution < 1.29 is 22.3 Å². The Hall–Kier alpha value is -1.77. The van der Waals surface area contributed by atoms with E-state index in [1.807, 2.05) is 0 Å². The fourth-order valence-electron chi connectivity index (χ4n) is 2.90. The van der Waals surface area contributed by atoms with Crippen LogP contribution in [0.15, 0.2) is 51.8 Å². The highest BCUT2D eigenvalue weighted by Crippen LogP contribution is 2.22. The Morgan fingerprint density at radius 2 is 1.79 bits per heavy atom. The fraction of sp³-hybridized carbons (Fsp3) is 0.381. The van der Waals surface area contributed by atoms with Gasteiger partial charge in [0.15, 0.2) is 0 Å². The van der Waals surface area contributed by atoms with E-state index < -0.39 is 21.8 Å². The largest absolute Gasteiger partial charge is 0.465 e. The molecule has 0 bridgehead atoms. The summed E-state index contributed by atoms with van der Waals surface area (Å²) in [5.41, 5.74) is 0.306. The van der Waals surface area contributed by atoms with Crippen LogP contribution >= 0.6 is 15.9 Å². The number of unbranched alkanes of at least 4 members (excludes halogenated alkanes) is 3. The Morgan fingerprint density at radius 1 is 1.10 bits per heavy atom. The lowest BCUT2D eigenvalue weighted by Gasteiger charge is -2.23. The van der Waals surface area contributed by atoms with E-state index in [9.17, 15) is 17.6 Å². The molecule has 0 N–H and O–H groups in total. The molecule has 0 aliphatic heterocycles. The van der Waals surface area contributed by atoms with Crippen molar-refractivity contribution in [3.05, 3.63) is 63.9 Å². The lowest BCUT2D eigenvalue weighted by molar-refractivity contribution is 0.0595. The molecule has 0 unspecified atom stereocenters. The second kappa shape index (κ2) is 10.8. The lowest BCUT2D eigenvalue weighted by Crippen LogP contribution is -2.31. The molecule has 0 spiro atoms. The highest BCUT2D eigenvalue weighted by molar-refractivity contribution is 9.10. The number of sulfonamides is 1. The number of nitrogens with zero attached hydrogens (tertiary/aromatic N) is 1. The lowest BCUT2D eigenvalue weighted by atomic mass is 10.1. The summed E-state index contributed by atoms with van der Waals surface area (Å²) in [6, 6.07) is 10.4. The van der Waals surface area contributed by atoms with Crippen LogP contribution in [0.2, 0.25) is 0 Å². The molecule has 0 amide bonds. The van der Waals surface area contributed by atoms with Gasteiger partial charge in [0.25, 0.3) is 0 Å². The summed E-state index contributed by atoms with van der Waals surface area (Å²) in [5.74, 6) is -1.50. The standard InChI is InChI=1S/C21H25BrFNO4S/c1-3-4-5-6-13-24(29(26,27)18-10-8-17(22)9-11-18)15-16-7-12-20(23)19(14-16)21(25)28-2/h7-12,14H,3-6,13,15H2,1-2H3. The molecule has 29 heavy (non-hydrogen) atoms. The highest BCUT2D eigenvalue weighted by Gasteiger charge is 2.25. The molecule has 0 saturated heterocycles. The van der Waals surface area contributed by atoms with Crippen molar-refractivity contribution >= 4 is 31.9 Å². The maximum absolute atomic E-state index is 13.9. The first kappa shape index (κ1) is 23.5. The van der Waals surface area contributed by atoms with Crippen molar-refractivity contribution in [2.24, 2.45) is 0 Å². The molecular weight excluding hydrogens is 461 g/mol. The van der Waals surface area contributed by atoms with E-state index in [2.05, 4.69) is 27.6 Å². The van der Waals surface area contributed by atoms with Gasteiger partial charge in [-0.2, -0.15) is 4.31 Å². The van der Waals surface area contributed by atoms with E-state index in [1.165, 1.54) is 23.5 Å². The summed E-state index contributed by atoms with van der Waals surface area (Å²) in [6.07, 6.45) is 3.70. The van der Waals surface area contributed by atoms with E-state index in [0.717, 1.165) is 29.8 Å². The summed E-state index contributed by atoms with van der Waals surface area (Å²) >= 11 is 3.31. The highest BCUT2D eigenvalue weighted by atomic mass is 79.9. The van der Waals surface area contributed by atoms with E-state index in [4.69, 9.17) is 0 Å². The normalized spacial score (nSPS) is 11.6. The van der Waals surface area contributed by atoms with Crippen LogP contribution in [0.25, 0.3) is 0 Å². The third-order valence-electron chi connectivity index (χ3n) is 4.51. The Labute approximate surface area is 180 Å². The number of ether oxygens (including phenoxy) is 1.